The Morgan fingerprint density at radius 3 is 2.55 bits per heavy atom. The third-order valence-electron chi connectivity index (χ3n) is 3.83. The summed E-state index contributed by atoms with van der Waals surface area (Å²) in [4.78, 5) is 24.8. The van der Waals surface area contributed by atoms with Crippen molar-refractivity contribution in [1.82, 2.24) is 30.0 Å². The van der Waals surface area contributed by atoms with Crippen molar-refractivity contribution in [2.24, 2.45) is 0 Å². The number of carbonyl (C=O) groups is 1. The van der Waals surface area contributed by atoms with E-state index in [1.807, 2.05) is 6.07 Å². The van der Waals surface area contributed by atoms with Crippen LogP contribution in [0, 0.1) is 11.3 Å². The molecule has 1 aromatic carbocycles. The van der Waals surface area contributed by atoms with Gasteiger partial charge in [-0.1, -0.05) is 11.6 Å². The lowest BCUT2D eigenvalue weighted by Gasteiger charge is -2.14. The molecule has 0 radical (unpaired) electrons. The van der Waals surface area contributed by atoms with E-state index in [-0.39, 0.29) is 21.4 Å². The topological polar surface area (TPSA) is 144 Å². The normalized spacial score (nSPS) is 12.2. The number of hydrogen-bond acceptors (Lipinski definition) is 8. The zero-order chi connectivity index (χ0) is 21.2. The van der Waals surface area contributed by atoms with E-state index in [9.17, 15) is 13.2 Å². The van der Waals surface area contributed by atoms with Crippen molar-refractivity contribution in [2.75, 3.05) is 6.26 Å². The zero-order valence-electron chi connectivity index (χ0n) is 15.2. The molecule has 148 valence electrons. The van der Waals surface area contributed by atoms with Crippen LogP contribution in [0.25, 0.3) is 5.95 Å². The predicted molar refractivity (Wildman–Crippen MR) is 102 cm³/mol. The predicted octanol–water partition coefficient (Wildman–Crippen LogP) is 1.48. The Hall–Kier alpha value is -3.36. The summed E-state index contributed by atoms with van der Waals surface area (Å²) in [6.45, 7) is 1.67. The highest BCUT2D eigenvalue weighted by molar-refractivity contribution is 7.90. The van der Waals surface area contributed by atoms with Crippen molar-refractivity contribution in [3.63, 3.8) is 0 Å². The smallest absolute Gasteiger partial charge is 0.252 e. The molecule has 0 saturated heterocycles. The summed E-state index contributed by atoms with van der Waals surface area (Å²) in [7, 11) is -3.53. The molecule has 3 rings (SSSR count). The van der Waals surface area contributed by atoms with Crippen molar-refractivity contribution in [1.29, 1.82) is 5.26 Å². The number of hydrogen-bond donors (Lipinski definition) is 1. The molecule has 29 heavy (non-hydrogen) atoms. The molecule has 0 saturated carbocycles. The number of nitrogens with one attached hydrogen (secondary N) is 1. The summed E-state index contributed by atoms with van der Waals surface area (Å²) < 4.78 is 24.9. The average Bonchev–Trinajstić information content (AvgIpc) is 3.17. The number of nitriles is 1. The van der Waals surface area contributed by atoms with E-state index < -0.39 is 21.8 Å². The Bertz CT molecular complexity index is 1220. The first-order valence-electron chi connectivity index (χ1n) is 8.13. The second-order valence-electron chi connectivity index (χ2n) is 6.06. The summed E-state index contributed by atoms with van der Waals surface area (Å²) in [6, 6.07) is 5.19. The second kappa shape index (κ2) is 7.94. The molecule has 1 N–H and O–H groups in total. The van der Waals surface area contributed by atoms with Crippen LogP contribution in [0.15, 0.2) is 41.8 Å². The van der Waals surface area contributed by atoms with Gasteiger partial charge in [-0.15, -0.1) is 0 Å². The first kappa shape index (κ1) is 20.4. The first-order chi connectivity index (χ1) is 13.7. The quantitative estimate of drug-likeness (QED) is 0.639. The Balaban J connectivity index is 1.86. The van der Waals surface area contributed by atoms with Gasteiger partial charge in [0.05, 0.1) is 28.9 Å². The fourth-order valence-electron chi connectivity index (χ4n) is 2.44. The Labute approximate surface area is 171 Å². The number of halogens is 1. The van der Waals surface area contributed by atoms with Crippen LogP contribution in [0.4, 0.5) is 0 Å². The van der Waals surface area contributed by atoms with E-state index in [0.29, 0.717) is 11.4 Å². The average molecular weight is 432 g/mol. The molecule has 0 spiro atoms. The maximum Gasteiger partial charge on any atom is 0.252 e. The van der Waals surface area contributed by atoms with Crippen LogP contribution >= 0.6 is 11.6 Å². The number of benzene rings is 1. The van der Waals surface area contributed by atoms with E-state index in [0.717, 1.165) is 6.26 Å². The molecule has 0 fully saturated rings. The van der Waals surface area contributed by atoms with E-state index in [2.05, 4.69) is 25.4 Å². The van der Waals surface area contributed by atoms with Gasteiger partial charge in [-0.2, -0.15) is 15.0 Å². The van der Waals surface area contributed by atoms with Gasteiger partial charge in [0, 0.05) is 16.8 Å². The highest BCUT2D eigenvalue weighted by atomic mass is 35.5. The minimum absolute atomic E-state index is 0.0584. The van der Waals surface area contributed by atoms with E-state index in [4.69, 9.17) is 16.9 Å². The van der Waals surface area contributed by atoms with Crippen molar-refractivity contribution < 1.29 is 13.2 Å². The molecule has 0 aliphatic carbocycles. The standard InChI is InChI=1S/C17H14ClN7O3S/c1-10(15-22-9-23-25(15)17-20-7-11(6-19)8-21-17)24-16(26)12-3-13(18)5-14(4-12)29(2,27)28/h3-5,7-10H,1-2H3,(H,24,26)/t10-/m1/s1. The van der Waals surface area contributed by atoms with Gasteiger partial charge in [-0.3, -0.25) is 4.79 Å². The van der Waals surface area contributed by atoms with E-state index in [1.165, 1.54) is 41.6 Å². The summed E-state index contributed by atoms with van der Waals surface area (Å²) in [5.74, 6) is -0.0201. The molecule has 2 aromatic heterocycles. The van der Waals surface area contributed by atoms with Crippen LogP contribution in [0.3, 0.4) is 0 Å². The number of carbonyl (C=O) groups excluding carboxylic acids is 1. The van der Waals surface area contributed by atoms with Gasteiger partial charge in [0.1, 0.15) is 12.4 Å². The molecule has 3 aromatic rings. The maximum atomic E-state index is 12.6. The van der Waals surface area contributed by atoms with Gasteiger partial charge >= 0.3 is 0 Å². The molecule has 10 nitrogen and oxygen atoms in total. The van der Waals surface area contributed by atoms with Crippen LogP contribution in [0.2, 0.25) is 5.02 Å². The van der Waals surface area contributed by atoms with E-state index >= 15 is 0 Å². The van der Waals surface area contributed by atoms with Crippen LogP contribution in [-0.2, 0) is 9.84 Å². The molecule has 0 unspecified atom stereocenters. The lowest BCUT2D eigenvalue weighted by molar-refractivity contribution is 0.0937. The van der Waals surface area contributed by atoms with Crippen molar-refractivity contribution in [2.45, 2.75) is 17.9 Å². The summed E-state index contributed by atoms with van der Waals surface area (Å²) in [5, 5.41) is 15.7. The molecule has 0 aliphatic rings. The molecule has 2 heterocycles. The van der Waals surface area contributed by atoms with Gasteiger partial charge in [-0.05, 0) is 25.1 Å². The molecule has 0 aliphatic heterocycles. The van der Waals surface area contributed by atoms with Crippen molar-refractivity contribution in [3.8, 4) is 12.0 Å². The third-order valence-corrected chi connectivity index (χ3v) is 5.14. The third kappa shape index (κ3) is 4.56. The van der Waals surface area contributed by atoms with Gasteiger partial charge in [-0.25, -0.2) is 23.4 Å². The van der Waals surface area contributed by atoms with Gasteiger partial charge in [0.2, 0.25) is 0 Å². The Morgan fingerprint density at radius 1 is 1.24 bits per heavy atom. The number of rotatable bonds is 5. The van der Waals surface area contributed by atoms with Crippen LogP contribution < -0.4 is 5.32 Å². The number of sulfone groups is 1. The van der Waals surface area contributed by atoms with Crippen LogP contribution in [0.5, 0.6) is 0 Å². The molecular formula is C17H14ClN7O3S. The number of nitrogens with zero attached hydrogens (tertiary/aromatic N) is 6. The highest BCUT2D eigenvalue weighted by Gasteiger charge is 2.20. The van der Waals surface area contributed by atoms with Gasteiger partial charge in [0.15, 0.2) is 15.7 Å². The monoisotopic (exact) mass is 431 g/mol. The second-order valence-corrected chi connectivity index (χ2v) is 8.51. The SMILES string of the molecule is C[C@@H](NC(=O)c1cc(Cl)cc(S(C)(=O)=O)c1)c1ncnn1-c1ncc(C#N)cn1. The number of aromatic nitrogens is 5. The van der Waals surface area contributed by atoms with E-state index in [1.54, 1.807) is 6.92 Å². The fourth-order valence-corrected chi connectivity index (χ4v) is 3.42. The molecule has 1 atom stereocenters. The van der Waals surface area contributed by atoms with Crippen LogP contribution in [-0.4, -0.2) is 45.3 Å². The van der Waals surface area contributed by atoms with Crippen molar-refractivity contribution in [3.05, 3.63) is 58.9 Å². The minimum Gasteiger partial charge on any atom is -0.342 e. The van der Waals surface area contributed by atoms with Gasteiger partial charge < -0.3 is 5.32 Å². The lowest BCUT2D eigenvalue weighted by atomic mass is 10.2. The van der Waals surface area contributed by atoms with Gasteiger partial charge in [0.25, 0.3) is 11.9 Å². The Morgan fingerprint density at radius 2 is 1.93 bits per heavy atom. The molecular weight excluding hydrogens is 418 g/mol. The highest BCUT2D eigenvalue weighted by Crippen LogP contribution is 2.20. The van der Waals surface area contributed by atoms with Crippen molar-refractivity contribution >= 4 is 27.3 Å². The van der Waals surface area contributed by atoms with Crippen LogP contribution in [0.1, 0.15) is 34.7 Å². The number of amides is 1. The summed E-state index contributed by atoms with van der Waals surface area (Å²) in [6.07, 6.45) is 5.00. The Kier molecular flexibility index (Phi) is 5.58. The molecule has 1 amide bonds. The fraction of sp³-hybridized carbons (Fsp3) is 0.176. The largest absolute Gasteiger partial charge is 0.342 e. The zero-order valence-corrected chi connectivity index (χ0v) is 16.8. The first-order valence-corrected chi connectivity index (χ1v) is 10.4. The molecule has 12 heteroatoms. The molecule has 0 bridgehead atoms. The summed E-state index contributed by atoms with van der Waals surface area (Å²) >= 11 is 5.96. The minimum atomic E-state index is -3.53. The summed E-state index contributed by atoms with van der Waals surface area (Å²) in [5.41, 5.74) is 0.380. The lowest BCUT2D eigenvalue weighted by Crippen LogP contribution is -2.29. The maximum absolute atomic E-state index is 12.6.